The molecule has 0 spiro atoms. The van der Waals surface area contributed by atoms with Gasteiger partial charge in [-0.3, -0.25) is 0 Å². The van der Waals surface area contributed by atoms with E-state index in [1.165, 1.54) is 32.7 Å². The molecule has 1 aliphatic rings. The van der Waals surface area contributed by atoms with Crippen LogP contribution < -0.4 is 4.74 Å². The van der Waals surface area contributed by atoms with Gasteiger partial charge in [0, 0.05) is 16.0 Å². The number of halogens is 1. The molecule has 1 atom stereocenters. The van der Waals surface area contributed by atoms with E-state index in [1.54, 1.807) is 7.11 Å². The number of hydrogen-bond donors (Lipinski definition) is 0. The summed E-state index contributed by atoms with van der Waals surface area (Å²) >= 11 is 4.35. The summed E-state index contributed by atoms with van der Waals surface area (Å²) in [6.07, 6.45) is 0. The van der Waals surface area contributed by atoms with Crippen molar-refractivity contribution in [2.45, 2.75) is 3.92 Å². The average molecular weight is 404 g/mol. The van der Waals surface area contributed by atoms with Crippen LogP contribution >= 0.6 is 33.9 Å². The molecule has 0 N–H and O–H groups in total. The normalized spacial score (nSPS) is 15.6. The van der Waals surface area contributed by atoms with E-state index in [9.17, 15) is 0 Å². The number of thiophene rings is 1. The maximum absolute atomic E-state index is 5.64. The van der Waals surface area contributed by atoms with Crippen LogP contribution in [-0.2, 0) is 0 Å². The lowest BCUT2D eigenvalue weighted by Gasteiger charge is -2.16. The molecule has 0 aliphatic heterocycles. The van der Waals surface area contributed by atoms with Crippen molar-refractivity contribution in [3.05, 3.63) is 65.0 Å². The fourth-order valence-corrected chi connectivity index (χ4v) is 5.04. The lowest BCUT2D eigenvalue weighted by molar-refractivity contribution is 0.416. The summed E-state index contributed by atoms with van der Waals surface area (Å²) in [5, 5.41) is 2.17. The van der Waals surface area contributed by atoms with Crippen LogP contribution in [0.5, 0.6) is 5.75 Å². The second-order valence-electron chi connectivity index (χ2n) is 5.04. The molecule has 104 valence electrons. The number of ether oxygens (including phenoxy) is 1. The Balaban J connectivity index is 2.15. The standard InChI is InChI=1S/C18H13IOS/c1-20-15-8-4-7-13-16(15)14-9-10-21-18(14)12-6-3-2-5-11(12)17(13)19/h2-10,17H,1H3. The van der Waals surface area contributed by atoms with Crippen LogP contribution in [0.25, 0.3) is 21.6 Å². The van der Waals surface area contributed by atoms with Crippen LogP contribution in [-0.4, -0.2) is 7.11 Å². The maximum Gasteiger partial charge on any atom is 0.127 e. The van der Waals surface area contributed by atoms with Crippen molar-refractivity contribution in [1.82, 2.24) is 0 Å². The maximum atomic E-state index is 5.64. The van der Waals surface area contributed by atoms with Crippen molar-refractivity contribution >= 4 is 33.9 Å². The van der Waals surface area contributed by atoms with Crippen LogP contribution in [0.15, 0.2) is 53.9 Å². The van der Waals surface area contributed by atoms with Gasteiger partial charge in [-0.05, 0) is 34.2 Å². The van der Waals surface area contributed by atoms with Gasteiger partial charge in [0.05, 0.1) is 11.0 Å². The van der Waals surface area contributed by atoms with Crippen LogP contribution in [0.3, 0.4) is 0 Å². The summed E-state index contributed by atoms with van der Waals surface area (Å²) in [7, 11) is 1.75. The molecule has 1 unspecified atom stereocenters. The number of methoxy groups -OCH3 is 1. The van der Waals surface area contributed by atoms with Gasteiger partial charge in [0.2, 0.25) is 0 Å². The van der Waals surface area contributed by atoms with E-state index in [-0.39, 0.29) is 0 Å². The van der Waals surface area contributed by atoms with Crippen molar-refractivity contribution in [3.8, 4) is 27.3 Å². The Morgan fingerprint density at radius 2 is 1.76 bits per heavy atom. The number of hydrogen-bond acceptors (Lipinski definition) is 2. The highest BCUT2D eigenvalue weighted by Gasteiger charge is 2.27. The first-order chi connectivity index (χ1) is 10.3. The first-order valence-corrected chi connectivity index (χ1v) is 8.92. The fourth-order valence-electron chi connectivity index (χ4n) is 3.02. The fraction of sp³-hybridized carbons (Fsp3) is 0.111. The number of rotatable bonds is 1. The number of fused-ring (bicyclic) bond motifs is 5. The Morgan fingerprint density at radius 3 is 2.62 bits per heavy atom. The molecule has 0 amide bonds. The highest BCUT2D eigenvalue weighted by Crippen LogP contribution is 2.52. The second kappa shape index (κ2) is 5.14. The third kappa shape index (κ3) is 1.94. The van der Waals surface area contributed by atoms with E-state index >= 15 is 0 Å². The molecule has 1 heterocycles. The zero-order valence-electron chi connectivity index (χ0n) is 11.5. The molecule has 1 aromatic heterocycles. The molecule has 0 radical (unpaired) electrons. The summed E-state index contributed by atoms with van der Waals surface area (Å²) in [5.74, 6) is 0.960. The predicted molar refractivity (Wildman–Crippen MR) is 97.6 cm³/mol. The second-order valence-corrected chi connectivity index (χ2v) is 7.20. The Hall–Kier alpha value is -1.33. The molecule has 21 heavy (non-hydrogen) atoms. The monoisotopic (exact) mass is 404 g/mol. The summed E-state index contributed by atoms with van der Waals surface area (Å²) in [4.78, 5) is 1.34. The van der Waals surface area contributed by atoms with Gasteiger partial charge in [-0.1, -0.05) is 59.0 Å². The van der Waals surface area contributed by atoms with Gasteiger partial charge in [-0.15, -0.1) is 11.3 Å². The molecule has 0 bridgehead atoms. The first kappa shape index (κ1) is 13.3. The van der Waals surface area contributed by atoms with Gasteiger partial charge >= 0.3 is 0 Å². The van der Waals surface area contributed by atoms with Gasteiger partial charge in [-0.2, -0.15) is 0 Å². The summed E-state index contributed by atoms with van der Waals surface area (Å²) in [5.41, 5.74) is 6.60. The predicted octanol–water partition coefficient (Wildman–Crippen LogP) is 5.93. The topological polar surface area (TPSA) is 9.23 Å². The molecule has 0 saturated heterocycles. The van der Waals surface area contributed by atoms with Crippen LogP contribution in [0, 0.1) is 0 Å². The SMILES string of the molecule is COc1cccc2c1-c1ccsc1-c1ccccc1C2I. The highest BCUT2D eigenvalue weighted by molar-refractivity contribution is 14.1. The molecule has 1 nitrogen and oxygen atoms in total. The molecule has 3 heteroatoms. The van der Waals surface area contributed by atoms with Crippen molar-refractivity contribution in [2.75, 3.05) is 7.11 Å². The molecule has 0 saturated carbocycles. The molecule has 3 aromatic rings. The Bertz CT molecular complexity index is 822. The van der Waals surface area contributed by atoms with E-state index in [4.69, 9.17) is 4.74 Å². The molecular weight excluding hydrogens is 391 g/mol. The van der Waals surface area contributed by atoms with Crippen molar-refractivity contribution in [3.63, 3.8) is 0 Å². The third-order valence-electron chi connectivity index (χ3n) is 3.96. The van der Waals surface area contributed by atoms with E-state index in [2.05, 4.69) is 76.5 Å². The van der Waals surface area contributed by atoms with Gasteiger partial charge in [0.25, 0.3) is 0 Å². The lowest BCUT2D eigenvalue weighted by Crippen LogP contribution is -1.96. The number of benzene rings is 2. The molecule has 0 fully saturated rings. The van der Waals surface area contributed by atoms with Gasteiger partial charge in [0.1, 0.15) is 5.75 Å². The van der Waals surface area contributed by atoms with Crippen molar-refractivity contribution in [1.29, 1.82) is 0 Å². The minimum absolute atomic E-state index is 0.337. The first-order valence-electron chi connectivity index (χ1n) is 6.79. The van der Waals surface area contributed by atoms with Crippen LogP contribution in [0.2, 0.25) is 0 Å². The highest BCUT2D eigenvalue weighted by atomic mass is 127. The van der Waals surface area contributed by atoms with Crippen molar-refractivity contribution in [2.24, 2.45) is 0 Å². The summed E-state index contributed by atoms with van der Waals surface area (Å²) in [6, 6.07) is 17.3. The van der Waals surface area contributed by atoms with Gasteiger partial charge in [0.15, 0.2) is 0 Å². The third-order valence-corrected chi connectivity index (χ3v) is 6.25. The van der Waals surface area contributed by atoms with Crippen molar-refractivity contribution < 1.29 is 4.74 Å². The largest absolute Gasteiger partial charge is 0.496 e. The summed E-state index contributed by atoms with van der Waals surface area (Å²) < 4.78 is 5.98. The summed E-state index contributed by atoms with van der Waals surface area (Å²) in [6.45, 7) is 0. The number of alkyl halides is 1. The minimum Gasteiger partial charge on any atom is -0.496 e. The molecular formula is C18H13IOS. The van der Waals surface area contributed by atoms with Gasteiger partial charge in [-0.25, -0.2) is 0 Å². The smallest absolute Gasteiger partial charge is 0.127 e. The van der Waals surface area contributed by atoms with E-state index in [0.717, 1.165) is 5.75 Å². The van der Waals surface area contributed by atoms with Crippen LogP contribution in [0.4, 0.5) is 0 Å². The Morgan fingerprint density at radius 1 is 0.952 bits per heavy atom. The molecule has 2 aromatic carbocycles. The van der Waals surface area contributed by atoms with Gasteiger partial charge < -0.3 is 4.74 Å². The zero-order chi connectivity index (χ0) is 14.4. The Labute approximate surface area is 141 Å². The average Bonchev–Trinajstić information content (AvgIpc) is 2.99. The molecule has 4 rings (SSSR count). The lowest BCUT2D eigenvalue weighted by atomic mass is 9.98. The quantitative estimate of drug-likeness (QED) is 0.361. The van der Waals surface area contributed by atoms with E-state index in [0.29, 0.717) is 3.92 Å². The van der Waals surface area contributed by atoms with E-state index < -0.39 is 0 Å². The Kier molecular flexibility index (Phi) is 3.27. The zero-order valence-corrected chi connectivity index (χ0v) is 14.4. The minimum atomic E-state index is 0.337. The molecule has 1 aliphatic carbocycles. The van der Waals surface area contributed by atoms with Crippen LogP contribution in [0.1, 0.15) is 15.1 Å². The van der Waals surface area contributed by atoms with E-state index in [1.807, 2.05) is 11.3 Å².